The number of alkyl halides is 6. The van der Waals surface area contributed by atoms with E-state index in [2.05, 4.69) is 9.47 Å². The number of halogens is 6. The SMILES string of the molecule is CCOC(=O)c1cc(OC(F)(F)F)c(SC(F)(F)F)cc1C#N. The van der Waals surface area contributed by atoms with Crippen molar-refractivity contribution < 1.29 is 40.6 Å². The van der Waals surface area contributed by atoms with Gasteiger partial charge in [-0.05, 0) is 30.8 Å². The molecule has 0 aliphatic rings. The number of nitriles is 1. The van der Waals surface area contributed by atoms with Crippen molar-refractivity contribution in [2.75, 3.05) is 6.61 Å². The minimum absolute atomic E-state index is 0.141. The molecule has 11 heteroatoms. The van der Waals surface area contributed by atoms with Crippen molar-refractivity contribution in [3.05, 3.63) is 23.3 Å². The van der Waals surface area contributed by atoms with Gasteiger partial charge < -0.3 is 9.47 Å². The van der Waals surface area contributed by atoms with Crippen molar-refractivity contribution >= 4 is 17.7 Å². The predicted molar refractivity (Wildman–Crippen MR) is 65.7 cm³/mol. The van der Waals surface area contributed by atoms with Gasteiger partial charge in [-0.25, -0.2) is 4.79 Å². The van der Waals surface area contributed by atoms with E-state index in [9.17, 15) is 31.1 Å². The standard InChI is InChI=1S/C12H7F6NO3S/c1-2-21-10(20)7-4-8(22-11(13,14)15)9(3-6(7)5-19)23-12(16,17)18/h3-4H,2H2,1H3. The van der Waals surface area contributed by atoms with Gasteiger partial charge in [-0.2, -0.15) is 18.4 Å². The van der Waals surface area contributed by atoms with Crippen molar-refractivity contribution in [1.82, 2.24) is 0 Å². The van der Waals surface area contributed by atoms with Crippen LogP contribution in [-0.2, 0) is 4.74 Å². The zero-order valence-corrected chi connectivity index (χ0v) is 12.0. The topological polar surface area (TPSA) is 59.3 Å². The molecule has 0 saturated carbocycles. The lowest BCUT2D eigenvalue weighted by atomic mass is 10.1. The van der Waals surface area contributed by atoms with Crippen LogP contribution in [0, 0.1) is 11.3 Å². The lowest BCUT2D eigenvalue weighted by Crippen LogP contribution is -2.19. The molecule has 0 spiro atoms. The second-order valence-corrected chi connectivity index (χ2v) is 4.88. The Balaban J connectivity index is 3.45. The molecule has 0 N–H and O–H groups in total. The van der Waals surface area contributed by atoms with Gasteiger partial charge in [0.1, 0.15) is 11.8 Å². The summed E-state index contributed by atoms with van der Waals surface area (Å²) in [6.07, 6.45) is -5.28. The number of nitrogens with zero attached hydrogens (tertiary/aromatic N) is 1. The zero-order chi connectivity index (χ0) is 17.8. The Bertz CT molecular complexity index is 635. The summed E-state index contributed by atoms with van der Waals surface area (Å²) < 4.78 is 82.3. The molecule has 126 valence electrons. The molecule has 0 heterocycles. The molecule has 0 amide bonds. The van der Waals surface area contributed by atoms with Crippen LogP contribution >= 0.6 is 11.8 Å². The summed E-state index contributed by atoms with van der Waals surface area (Å²) in [4.78, 5) is 10.6. The number of thioether (sulfide) groups is 1. The fraction of sp³-hybridized carbons (Fsp3) is 0.333. The van der Waals surface area contributed by atoms with Crippen LogP contribution in [-0.4, -0.2) is 24.4 Å². The largest absolute Gasteiger partial charge is 0.573 e. The van der Waals surface area contributed by atoms with Gasteiger partial charge in [0.05, 0.1) is 22.6 Å². The van der Waals surface area contributed by atoms with Crippen LogP contribution in [0.15, 0.2) is 17.0 Å². The minimum Gasteiger partial charge on any atom is -0.462 e. The maximum atomic E-state index is 12.4. The molecule has 23 heavy (non-hydrogen) atoms. The molecule has 4 nitrogen and oxygen atoms in total. The maximum Gasteiger partial charge on any atom is 0.573 e. The summed E-state index contributed by atoms with van der Waals surface area (Å²) in [5, 5.41) is 8.87. The van der Waals surface area contributed by atoms with Crippen molar-refractivity contribution in [3.63, 3.8) is 0 Å². The lowest BCUT2D eigenvalue weighted by Gasteiger charge is -2.16. The Morgan fingerprint density at radius 3 is 2.30 bits per heavy atom. The molecule has 0 unspecified atom stereocenters. The Labute approximate surface area is 130 Å². The zero-order valence-electron chi connectivity index (χ0n) is 11.2. The number of carbonyl (C=O) groups excluding carboxylic acids is 1. The van der Waals surface area contributed by atoms with Gasteiger partial charge in [-0.1, -0.05) is 0 Å². The molecule has 0 fully saturated rings. The summed E-state index contributed by atoms with van der Waals surface area (Å²) in [5.74, 6) is -2.40. The van der Waals surface area contributed by atoms with Crippen LogP contribution in [0.1, 0.15) is 22.8 Å². The normalized spacial score (nSPS) is 11.7. The first-order valence-corrected chi connectivity index (χ1v) is 6.55. The highest BCUT2D eigenvalue weighted by molar-refractivity contribution is 8.00. The number of hydrogen-bond donors (Lipinski definition) is 0. The van der Waals surface area contributed by atoms with Crippen LogP contribution in [0.5, 0.6) is 5.75 Å². The first-order chi connectivity index (χ1) is 10.5. The lowest BCUT2D eigenvalue weighted by molar-refractivity contribution is -0.275. The summed E-state index contributed by atoms with van der Waals surface area (Å²) in [6.45, 7) is 1.27. The second-order valence-electron chi connectivity index (χ2n) is 3.77. The number of hydrogen-bond acceptors (Lipinski definition) is 5. The second kappa shape index (κ2) is 6.99. The van der Waals surface area contributed by atoms with Gasteiger partial charge in [0.2, 0.25) is 0 Å². The van der Waals surface area contributed by atoms with Crippen LogP contribution < -0.4 is 4.74 Å². The summed E-state index contributed by atoms with van der Waals surface area (Å²) in [7, 11) is 0. The maximum absolute atomic E-state index is 12.4. The van der Waals surface area contributed by atoms with Gasteiger partial charge in [0.25, 0.3) is 0 Å². The molecular formula is C12H7F6NO3S. The predicted octanol–water partition coefficient (Wildman–Crippen LogP) is 4.25. The van der Waals surface area contributed by atoms with Crippen molar-refractivity contribution in [3.8, 4) is 11.8 Å². The first kappa shape index (κ1) is 19.0. The third-order valence-electron chi connectivity index (χ3n) is 2.15. The fourth-order valence-corrected chi connectivity index (χ4v) is 2.07. The Hall–Kier alpha value is -2.09. The molecule has 0 aliphatic heterocycles. The molecule has 0 aromatic heterocycles. The van der Waals surface area contributed by atoms with E-state index in [0.717, 1.165) is 0 Å². The molecule has 0 saturated heterocycles. The van der Waals surface area contributed by atoms with Crippen LogP contribution in [0.3, 0.4) is 0 Å². The monoisotopic (exact) mass is 359 g/mol. The van der Waals surface area contributed by atoms with Crippen molar-refractivity contribution in [1.29, 1.82) is 5.26 Å². The van der Waals surface area contributed by atoms with Crippen molar-refractivity contribution in [2.24, 2.45) is 0 Å². The number of rotatable bonds is 4. The molecule has 1 aromatic carbocycles. The number of carbonyl (C=O) groups is 1. The van der Waals surface area contributed by atoms with Gasteiger partial charge in [0, 0.05) is 0 Å². The van der Waals surface area contributed by atoms with Gasteiger partial charge in [-0.15, -0.1) is 13.2 Å². The fourth-order valence-electron chi connectivity index (χ4n) is 1.44. The molecule has 0 atom stereocenters. The van der Waals surface area contributed by atoms with E-state index in [1.54, 1.807) is 0 Å². The van der Waals surface area contributed by atoms with Gasteiger partial charge in [0.15, 0.2) is 0 Å². The molecule has 0 radical (unpaired) electrons. The first-order valence-electron chi connectivity index (χ1n) is 5.73. The molecule has 1 rings (SSSR count). The van der Waals surface area contributed by atoms with Crippen LogP contribution in [0.4, 0.5) is 26.3 Å². The van der Waals surface area contributed by atoms with Crippen LogP contribution in [0.2, 0.25) is 0 Å². The van der Waals surface area contributed by atoms with Gasteiger partial charge in [-0.3, -0.25) is 0 Å². The Morgan fingerprint density at radius 1 is 1.26 bits per heavy atom. The molecule has 1 aromatic rings. The third kappa shape index (κ3) is 5.90. The summed E-state index contributed by atoms with van der Waals surface area (Å²) >= 11 is -0.897. The summed E-state index contributed by atoms with van der Waals surface area (Å²) in [6, 6.07) is 2.33. The average molecular weight is 359 g/mol. The quantitative estimate of drug-likeness (QED) is 0.457. The molecule has 0 aliphatic carbocycles. The summed E-state index contributed by atoms with van der Waals surface area (Å²) in [5.41, 5.74) is -6.10. The van der Waals surface area contributed by atoms with E-state index in [1.165, 1.54) is 13.0 Å². The van der Waals surface area contributed by atoms with E-state index in [-0.39, 0.29) is 6.61 Å². The van der Waals surface area contributed by atoms with E-state index in [4.69, 9.17) is 5.26 Å². The Morgan fingerprint density at radius 2 is 1.87 bits per heavy atom. The number of ether oxygens (including phenoxy) is 2. The van der Waals surface area contributed by atoms with E-state index in [1.807, 2.05) is 0 Å². The highest BCUT2D eigenvalue weighted by atomic mass is 32.2. The number of esters is 1. The highest BCUT2D eigenvalue weighted by Crippen LogP contribution is 2.44. The smallest absolute Gasteiger partial charge is 0.462 e. The van der Waals surface area contributed by atoms with Crippen molar-refractivity contribution in [2.45, 2.75) is 23.7 Å². The number of benzene rings is 1. The van der Waals surface area contributed by atoms with Crippen LogP contribution in [0.25, 0.3) is 0 Å². The minimum atomic E-state index is -5.28. The van der Waals surface area contributed by atoms with E-state index in [0.29, 0.717) is 12.1 Å². The highest BCUT2D eigenvalue weighted by Gasteiger charge is 2.37. The van der Waals surface area contributed by atoms with E-state index >= 15 is 0 Å². The van der Waals surface area contributed by atoms with E-state index < -0.39 is 51.4 Å². The average Bonchev–Trinajstić information content (AvgIpc) is 2.37. The Kier molecular flexibility index (Phi) is 5.76. The molecule has 0 bridgehead atoms. The van der Waals surface area contributed by atoms with Gasteiger partial charge >= 0.3 is 17.8 Å². The molecular weight excluding hydrogens is 352 g/mol. The third-order valence-corrected chi connectivity index (χ3v) is 2.92.